The van der Waals surface area contributed by atoms with Crippen LogP contribution in [0.3, 0.4) is 0 Å². The fraction of sp³-hybridized carbons (Fsp3) is 0.444. The van der Waals surface area contributed by atoms with Gasteiger partial charge in [0.05, 0.1) is 28.8 Å². The SMILES string of the molecule is COCC1COCN(c2c(S(=O)C(F)(F)F)c(C#N)nn2-c2c(Cl)cc(C(F)(F)F)cc2Cl)CO1. The van der Waals surface area contributed by atoms with Gasteiger partial charge >= 0.3 is 11.7 Å². The number of anilines is 1. The first kappa shape index (κ1) is 27.5. The van der Waals surface area contributed by atoms with Gasteiger partial charge in [-0.15, -0.1) is 0 Å². The summed E-state index contributed by atoms with van der Waals surface area (Å²) in [5.41, 5.74) is -7.93. The van der Waals surface area contributed by atoms with Gasteiger partial charge in [0.1, 0.15) is 36.2 Å². The van der Waals surface area contributed by atoms with Crippen molar-refractivity contribution in [2.45, 2.75) is 22.7 Å². The van der Waals surface area contributed by atoms with E-state index in [1.165, 1.54) is 13.2 Å². The highest BCUT2D eigenvalue weighted by Crippen LogP contribution is 2.42. The molecule has 192 valence electrons. The molecular formula is C18H14Cl2F6N4O4S. The van der Waals surface area contributed by atoms with Gasteiger partial charge in [-0.1, -0.05) is 23.2 Å². The van der Waals surface area contributed by atoms with E-state index in [1.54, 1.807) is 0 Å². The maximum absolute atomic E-state index is 13.5. The first-order valence-electron chi connectivity index (χ1n) is 9.31. The highest BCUT2D eigenvalue weighted by atomic mass is 35.5. The van der Waals surface area contributed by atoms with E-state index in [0.717, 1.165) is 4.90 Å². The van der Waals surface area contributed by atoms with Gasteiger partial charge in [0.15, 0.2) is 22.3 Å². The Morgan fingerprint density at radius 1 is 1.23 bits per heavy atom. The molecule has 2 aromatic rings. The van der Waals surface area contributed by atoms with E-state index in [9.17, 15) is 35.8 Å². The van der Waals surface area contributed by atoms with E-state index in [1.807, 2.05) is 0 Å². The topological polar surface area (TPSA) is 89.6 Å². The van der Waals surface area contributed by atoms with Crippen molar-refractivity contribution >= 4 is 39.8 Å². The maximum Gasteiger partial charge on any atom is 0.476 e. The minimum Gasteiger partial charge on any atom is -0.382 e. The van der Waals surface area contributed by atoms with Crippen molar-refractivity contribution in [3.63, 3.8) is 0 Å². The maximum atomic E-state index is 13.5. The summed E-state index contributed by atoms with van der Waals surface area (Å²) < 4.78 is 109. The minimum absolute atomic E-state index is 0.0247. The third-order valence-corrected chi connectivity index (χ3v) is 6.29. The van der Waals surface area contributed by atoms with E-state index in [4.69, 9.17) is 37.4 Å². The average Bonchev–Trinajstić information content (AvgIpc) is 2.96. The molecular weight excluding hydrogens is 553 g/mol. The van der Waals surface area contributed by atoms with Crippen LogP contribution >= 0.6 is 23.2 Å². The molecule has 1 aliphatic rings. The zero-order valence-electron chi connectivity index (χ0n) is 17.4. The van der Waals surface area contributed by atoms with Crippen molar-refractivity contribution < 1.29 is 44.8 Å². The molecule has 1 fully saturated rings. The Balaban J connectivity index is 2.26. The van der Waals surface area contributed by atoms with Gasteiger partial charge in [-0.05, 0) is 12.1 Å². The number of hydrogen-bond acceptors (Lipinski definition) is 7. The van der Waals surface area contributed by atoms with Gasteiger partial charge in [-0.2, -0.15) is 36.7 Å². The summed E-state index contributed by atoms with van der Waals surface area (Å²) >= 11 is 12.1. The molecule has 2 unspecified atom stereocenters. The van der Waals surface area contributed by atoms with E-state index >= 15 is 0 Å². The average molecular weight is 567 g/mol. The molecule has 0 spiro atoms. The number of benzene rings is 1. The van der Waals surface area contributed by atoms with Crippen LogP contribution in [-0.2, 0) is 31.2 Å². The molecule has 1 saturated heterocycles. The summed E-state index contributed by atoms with van der Waals surface area (Å²) in [7, 11) is -2.39. The molecule has 17 heteroatoms. The quantitative estimate of drug-likeness (QED) is 0.493. The van der Waals surface area contributed by atoms with Crippen LogP contribution in [0.1, 0.15) is 11.3 Å². The molecule has 1 aromatic carbocycles. The lowest BCUT2D eigenvalue weighted by Gasteiger charge is -2.24. The summed E-state index contributed by atoms with van der Waals surface area (Å²) in [6, 6.07) is 2.40. The third-order valence-electron chi connectivity index (χ3n) is 4.55. The van der Waals surface area contributed by atoms with Crippen molar-refractivity contribution in [1.82, 2.24) is 9.78 Å². The predicted octanol–water partition coefficient (Wildman–Crippen LogP) is 4.48. The van der Waals surface area contributed by atoms with Crippen LogP contribution < -0.4 is 4.90 Å². The zero-order chi connectivity index (χ0) is 26.1. The van der Waals surface area contributed by atoms with Crippen molar-refractivity contribution in [2.24, 2.45) is 0 Å². The van der Waals surface area contributed by atoms with E-state index in [-0.39, 0.29) is 13.2 Å². The molecule has 1 aromatic heterocycles. The molecule has 0 bridgehead atoms. The first-order chi connectivity index (χ1) is 16.3. The van der Waals surface area contributed by atoms with E-state index in [2.05, 4.69) is 5.10 Å². The fourth-order valence-corrected chi connectivity index (χ4v) is 4.62. The predicted molar refractivity (Wildman–Crippen MR) is 111 cm³/mol. The van der Waals surface area contributed by atoms with Crippen LogP contribution in [0, 0.1) is 11.3 Å². The largest absolute Gasteiger partial charge is 0.476 e. The summed E-state index contributed by atoms with van der Waals surface area (Å²) in [6.07, 6.45) is -5.45. The van der Waals surface area contributed by atoms with Crippen LogP contribution in [0.5, 0.6) is 0 Å². The Morgan fingerprint density at radius 2 is 1.86 bits per heavy atom. The molecule has 3 rings (SSSR count). The monoisotopic (exact) mass is 566 g/mol. The summed E-state index contributed by atoms with van der Waals surface area (Å²) in [5, 5.41) is 11.9. The molecule has 35 heavy (non-hydrogen) atoms. The summed E-state index contributed by atoms with van der Waals surface area (Å²) in [5.74, 6) is -0.612. The number of alkyl halides is 6. The lowest BCUT2D eigenvalue weighted by atomic mass is 10.2. The normalized spacial score (nSPS) is 18.3. The van der Waals surface area contributed by atoms with Crippen LogP contribution in [-0.4, -0.2) is 59.4 Å². The van der Waals surface area contributed by atoms with Gasteiger partial charge in [0, 0.05) is 7.11 Å². The van der Waals surface area contributed by atoms with Crippen LogP contribution in [0.2, 0.25) is 10.0 Å². The lowest BCUT2D eigenvalue weighted by molar-refractivity contribution is -0.137. The number of halogens is 8. The van der Waals surface area contributed by atoms with Crippen LogP contribution in [0.25, 0.3) is 5.69 Å². The molecule has 2 atom stereocenters. The Hall–Kier alpha value is -2.09. The van der Waals surface area contributed by atoms with Gasteiger partial charge in [0.2, 0.25) is 0 Å². The smallest absolute Gasteiger partial charge is 0.382 e. The standard InChI is InChI=1S/C18H14Cl2F6N4O4S/c1-32-5-10-6-33-7-29(8-34-10)16-15(35(31)18(24,25)26)13(4-27)28-30(16)14-11(19)2-9(3-12(14)20)17(21,22)23/h2-3,10H,5-8H2,1H3. The second kappa shape index (κ2) is 10.5. The molecule has 8 nitrogen and oxygen atoms in total. The minimum atomic E-state index is -5.31. The van der Waals surface area contributed by atoms with E-state index < -0.39 is 79.8 Å². The van der Waals surface area contributed by atoms with Gasteiger partial charge in [-0.3, -0.25) is 0 Å². The van der Waals surface area contributed by atoms with Crippen LogP contribution in [0.4, 0.5) is 32.2 Å². The van der Waals surface area contributed by atoms with Crippen LogP contribution in [0.15, 0.2) is 17.0 Å². The van der Waals surface area contributed by atoms with E-state index in [0.29, 0.717) is 16.8 Å². The Morgan fingerprint density at radius 3 is 2.37 bits per heavy atom. The Labute approximate surface area is 206 Å². The van der Waals surface area contributed by atoms with Crippen molar-refractivity contribution in [2.75, 3.05) is 38.7 Å². The van der Waals surface area contributed by atoms with Crippen molar-refractivity contribution in [3.8, 4) is 11.8 Å². The Kier molecular flexibility index (Phi) is 8.24. The molecule has 1 aliphatic heterocycles. The highest BCUT2D eigenvalue weighted by molar-refractivity contribution is 7.86. The third kappa shape index (κ3) is 5.84. The first-order valence-corrected chi connectivity index (χ1v) is 11.2. The van der Waals surface area contributed by atoms with Gasteiger partial charge in [0.25, 0.3) is 0 Å². The second-order valence-electron chi connectivity index (χ2n) is 6.94. The van der Waals surface area contributed by atoms with Crippen molar-refractivity contribution in [3.05, 3.63) is 33.4 Å². The molecule has 2 heterocycles. The molecule has 0 radical (unpaired) electrons. The molecule has 0 saturated carbocycles. The number of aromatic nitrogens is 2. The van der Waals surface area contributed by atoms with Gasteiger partial charge < -0.3 is 19.1 Å². The molecule has 0 N–H and O–H groups in total. The number of nitriles is 1. The number of rotatable bonds is 5. The number of methoxy groups -OCH3 is 1. The molecule has 0 amide bonds. The highest BCUT2D eigenvalue weighted by Gasteiger charge is 2.44. The van der Waals surface area contributed by atoms with Gasteiger partial charge in [-0.25, -0.2) is 8.89 Å². The van der Waals surface area contributed by atoms with Crippen molar-refractivity contribution in [1.29, 1.82) is 5.26 Å². The number of nitrogens with zero attached hydrogens (tertiary/aromatic N) is 4. The second-order valence-corrected chi connectivity index (χ2v) is 9.16. The fourth-order valence-electron chi connectivity index (χ4n) is 3.10. The zero-order valence-corrected chi connectivity index (χ0v) is 19.7. The number of hydrogen-bond donors (Lipinski definition) is 0. The molecule has 0 aliphatic carbocycles. The lowest BCUT2D eigenvalue weighted by Crippen LogP contribution is -2.31. The summed E-state index contributed by atoms with van der Waals surface area (Å²) in [6.45, 7) is -0.811. The summed E-state index contributed by atoms with van der Waals surface area (Å²) in [4.78, 5) is -0.0447. The number of ether oxygens (including phenoxy) is 3. The Bertz CT molecular complexity index is 1140.